The molecule has 2 unspecified atom stereocenters. The third-order valence-electron chi connectivity index (χ3n) is 7.05. The van der Waals surface area contributed by atoms with Gasteiger partial charge in [0.1, 0.15) is 11.6 Å². The van der Waals surface area contributed by atoms with Crippen molar-refractivity contribution >= 4 is 11.7 Å². The first kappa shape index (κ1) is 25.9. The molecule has 1 saturated carbocycles. The van der Waals surface area contributed by atoms with E-state index in [2.05, 4.69) is 48.9 Å². The lowest BCUT2D eigenvalue weighted by Gasteiger charge is -2.41. The van der Waals surface area contributed by atoms with Crippen molar-refractivity contribution in [3.05, 3.63) is 17.6 Å². The Morgan fingerprint density at radius 2 is 1.91 bits per heavy atom. The van der Waals surface area contributed by atoms with Crippen molar-refractivity contribution < 1.29 is 9.90 Å². The number of carbonyl (C=O) groups is 1. The van der Waals surface area contributed by atoms with Crippen molar-refractivity contribution in [3.8, 4) is 0 Å². The van der Waals surface area contributed by atoms with Gasteiger partial charge in [-0.3, -0.25) is 9.69 Å². The van der Waals surface area contributed by atoms with Crippen LogP contribution in [0.25, 0.3) is 0 Å². The number of aromatic nitrogens is 2. The Morgan fingerprint density at radius 3 is 2.48 bits per heavy atom. The van der Waals surface area contributed by atoms with E-state index in [0.717, 1.165) is 62.3 Å². The van der Waals surface area contributed by atoms with Gasteiger partial charge in [-0.2, -0.15) is 0 Å². The standard InChI is InChI=1S/C26H45N5O2/c1-18-17-30(12-11-21-7-9-22(10-8-21)27-20(3)33)13-14-31(18)24-16-23(15-19(2)32)28-25(29-24)26(4,5)6/h16,18-19,21-22,32H,7-15,17H2,1-6H3,(H,27,33). The van der Waals surface area contributed by atoms with Gasteiger partial charge in [-0.25, -0.2) is 9.97 Å². The summed E-state index contributed by atoms with van der Waals surface area (Å²) in [6.45, 7) is 16.4. The van der Waals surface area contributed by atoms with E-state index < -0.39 is 6.10 Å². The van der Waals surface area contributed by atoms with Crippen molar-refractivity contribution in [2.75, 3.05) is 31.1 Å². The Hall–Kier alpha value is -1.73. The third-order valence-corrected chi connectivity index (χ3v) is 7.05. The minimum atomic E-state index is -0.414. The van der Waals surface area contributed by atoms with Gasteiger partial charge in [0, 0.05) is 62.2 Å². The Kier molecular flexibility index (Phi) is 8.73. The van der Waals surface area contributed by atoms with Crippen molar-refractivity contribution in [2.45, 2.75) is 104 Å². The summed E-state index contributed by atoms with van der Waals surface area (Å²) in [7, 11) is 0. The number of nitrogens with zero attached hydrogens (tertiary/aromatic N) is 4. The molecule has 7 heteroatoms. The molecule has 1 aliphatic heterocycles. The summed E-state index contributed by atoms with van der Waals surface area (Å²) < 4.78 is 0. The van der Waals surface area contributed by atoms with Crippen LogP contribution < -0.4 is 10.2 Å². The van der Waals surface area contributed by atoms with Crippen LogP contribution in [0.4, 0.5) is 5.82 Å². The molecule has 7 nitrogen and oxygen atoms in total. The van der Waals surface area contributed by atoms with Crippen molar-refractivity contribution in [2.24, 2.45) is 5.92 Å². The Bertz CT molecular complexity index is 783. The monoisotopic (exact) mass is 459 g/mol. The maximum atomic E-state index is 11.3. The Labute approximate surface area is 200 Å². The highest BCUT2D eigenvalue weighted by atomic mass is 16.3. The van der Waals surface area contributed by atoms with Gasteiger partial charge in [-0.05, 0) is 58.4 Å². The summed E-state index contributed by atoms with van der Waals surface area (Å²) in [6.07, 6.45) is 6.08. The second kappa shape index (κ2) is 11.1. The lowest BCUT2D eigenvalue weighted by atomic mass is 9.84. The first-order valence-electron chi connectivity index (χ1n) is 12.8. The number of anilines is 1. The summed E-state index contributed by atoms with van der Waals surface area (Å²) in [5.41, 5.74) is 0.789. The first-order chi connectivity index (χ1) is 15.5. The molecule has 1 amide bonds. The minimum Gasteiger partial charge on any atom is -0.393 e. The molecule has 2 aliphatic rings. The molecule has 0 spiro atoms. The van der Waals surface area contributed by atoms with Crippen molar-refractivity contribution in [1.29, 1.82) is 0 Å². The molecule has 0 aromatic carbocycles. The number of hydrogen-bond acceptors (Lipinski definition) is 6. The molecule has 2 N–H and O–H groups in total. The smallest absolute Gasteiger partial charge is 0.217 e. The number of aliphatic hydroxyl groups excluding tert-OH is 1. The normalized spacial score (nSPS) is 25.7. The number of carbonyl (C=O) groups excluding carboxylic acids is 1. The molecule has 2 heterocycles. The van der Waals surface area contributed by atoms with Gasteiger partial charge < -0.3 is 15.3 Å². The van der Waals surface area contributed by atoms with E-state index in [4.69, 9.17) is 9.97 Å². The van der Waals surface area contributed by atoms with E-state index in [0.29, 0.717) is 18.5 Å². The lowest BCUT2D eigenvalue weighted by Crippen LogP contribution is -2.52. The van der Waals surface area contributed by atoms with E-state index in [9.17, 15) is 9.90 Å². The van der Waals surface area contributed by atoms with E-state index in [-0.39, 0.29) is 11.3 Å². The highest BCUT2D eigenvalue weighted by Crippen LogP contribution is 2.28. The predicted molar refractivity (Wildman–Crippen MR) is 134 cm³/mol. The number of aliphatic hydroxyl groups is 1. The number of piperazine rings is 1. The number of nitrogens with one attached hydrogen (secondary N) is 1. The zero-order chi connectivity index (χ0) is 24.2. The van der Waals surface area contributed by atoms with Crippen molar-refractivity contribution in [3.63, 3.8) is 0 Å². The zero-order valence-electron chi connectivity index (χ0n) is 21.6. The summed E-state index contributed by atoms with van der Waals surface area (Å²) >= 11 is 0. The molecule has 33 heavy (non-hydrogen) atoms. The average Bonchev–Trinajstić information content (AvgIpc) is 2.71. The molecule has 2 atom stereocenters. The fourth-order valence-electron chi connectivity index (χ4n) is 5.20. The highest BCUT2D eigenvalue weighted by molar-refractivity contribution is 5.73. The summed E-state index contributed by atoms with van der Waals surface area (Å²) in [6, 6.07) is 2.84. The molecule has 186 valence electrons. The fraction of sp³-hybridized carbons (Fsp3) is 0.808. The molecular formula is C26H45N5O2. The zero-order valence-corrected chi connectivity index (χ0v) is 21.6. The second-order valence-electron chi connectivity index (χ2n) is 11.4. The molecule has 3 rings (SSSR count). The highest BCUT2D eigenvalue weighted by Gasteiger charge is 2.28. The molecular weight excluding hydrogens is 414 g/mol. The number of rotatable bonds is 7. The molecule has 1 saturated heterocycles. The molecule has 1 aromatic heterocycles. The maximum absolute atomic E-state index is 11.3. The van der Waals surface area contributed by atoms with Crippen molar-refractivity contribution in [1.82, 2.24) is 20.2 Å². The molecule has 1 aromatic rings. The van der Waals surface area contributed by atoms with E-state index in [1.54, 1.807) is 6.92 Å². The lowest BCUT2D eigenvalue weighted by molar-refractivity contribution is -0.119. The molecule has 2 fully saturated rings. The minimum absolute atomic E-state index is 0.0987. The van der Waals surface area contributed by atoms with Crippen LogP contribution in [0.1, 0.15) is 85.2 Å². The molecule has 0 radical (unpaired) electrons. The molecule has 1 aliphatic carbocycles. The predicted octanol–water partition coefficient (Wildman–Crippen LogP) is 3.29. The van der Waals surface area contributed by atoms with Gasteiger partial charge in [0.2, 0.25) is 5.91 Å². The summed E-state index contributed by atoms with van der Waals surface area (Å²) in [4.78, 5) is 26.0. The van der Waals surface area contributed by atoms with Gasteiger partial charge in [0.15, 0.2) is 0 Å². The van der Waals surface area contributed by atoms with Crippen LogP contribution in [0.3, 0.4) is 0 Å². The second-order valence-corrected chi connectivity index (χ2v) is 11.4. The van der Waals surface area contributed by atoms with Gasteiger partial charge in [-0.1, -0.05) is 20.8 Å². The molecule has 0 bridgehead atoms. The van der Waals surface area contributed by atoms with Crippen LogP contribution in [0, 0.1) is 5.92 Å². The van der Waals surface area contributed by atoms with Crippen LogP contribution >= 0.6 is 0 Å². The first-order valence-corrected chi connectivity index (χ1v) is 12.8. The van der Waals surface area contributed by atoms with Crippen LogP contribution in [0.2, 0.25) is 0 Å². The topological polar surface area (TPSA) is 81.6 Å². The Morgan fingerprint density at radius 1 is 1.21 bits per heavy atom. The number of hydrogen-bond donors (Lipinski definition) is 2. The van der Waals surface area contributed by atoms with E-state index >= 15 is 0 Å². The van der Waals surface area contributed by atoms with Crippen LogP contribution in [0.15, 0.2) is 6.07 Å². The summed E-state index contributed by atoms with van der Waals surface area (Å²) in [5.74, 6) is 2.72. The maximum Gasteiger partial charge on any atom is 0.217 e. The van der Waals surface area contributed by atoms with Gasteiger partial charge >= 0.3 is 0 Å². The fourth-order valence-corrected chi connectivity index (χ4v) is 5.20. The third kappa shape index (κ3) is 7.64. The summed E-state index contributed by atoms with van der Waals surface area (Å²) in [5, 5.41) is 13.0. The SMILES string of the molecule is CC(=O)NC1CCC(CCN2CCN(c3cc(CC(C)O)nc(C(C)(C)C)n3)C(C)C2)CC1. The van der Waals surface area contributed by atoms with Crippen LogP contribution in [0.5, 0.6) is 0 Å². The van der Waals surface area contributed by atoms with Gasteiger partial charge in [0.05, 0.1) is 6.10 Å². The van der Waals surface area contributed by atoms with Gasteiger partial charge in [-0.15, -0.1) is 0 Å². The Balaban J connectivity index is 1.55. The van der Waals surface area contributed by atoms with Gasteiger partial charge in [0.25, 0.3) is 0 Å². The van der Waals surface area contributed by atoms with E-state index in [1.807, 2.05) is 6.92 Å². The quantitative estimate of drug-likeness (QED) is 0.651. The van der Waals surface area contributed by atoms with Crippen LogP contribution in [-0.4, -0.2) is 70.2 Å². The van der Waals surface area contributed by atoms with Crippen LogP contribution in [-0.2, 0) is 16.6 Å². The number of amides is 1. The van der Waals surface area contributed by atoms with E-state index in [1.165, 1.54) is 19.3 Å². The average molecular weight is 460 g/mol. The largest absolute Gasteiger partial charge is 0.393 e.